The van der Waals surface area contributed by atoms with Crippen LogP contribution in [0.2, 0.25) is 0 Å². The molecule has 0 saturated carbocycles. The minimum absolute atomic E-state index is 0.464. The van der Waals surface area contributed by atoms with Crippen molar-refractivity contribution in [2.45, 2.75) is 32.9 Å². The number of carbonyl (C=O) groups is 2. The average molecular weight is 314 g/mol. The lowest BCUT2D eigenvalue weighted by molar-refractivity contribution is -0.143. The average Bonchev–Trinajstić information content (AvgIpc) is 2.88. The van der Waals surface area contributed by atoms with Crippen LogP contribution in [0.5, 0.6) is 5.75 Å². The van der Waals surface area contributed by atoms with Gasteiger partial charge in [0.05, 0.1) is 23.3 Å². The Morgan fingerprint density at radius 3 is 2.87 bits per heavy atom. The summed E-state index contributed by atoms with van der Waals surface area (Å²) < 4.78 is 7.45. The summed E-state index contributed by atoms with van der Waals surface area (Å²) in [7, 11) is 0. The van der Waals surface area contributed by atoms with Gasteiger partial charge in [-0.2, -0.15) is 5.10 Å². The number of aromatic nitrogens is 2. The topological polar surface area (TPSA) is 85.2 Å². The fourth-order valence-corrected chi connectivity index (χ4v) is 2.45. The highest BCUT2D eigenvalue weighted by Crippen LogP contribution is 2.33. The van der Waals surface area contributed by atoms with Gasteiger partial charge < -0.3 is 15.4 Å². The van der Waals surface area contributed by atoms with Crippen molar-refractivity contribution in [1.29, 1.82) is 0 Å². The van der Waals surface area contributed by atoms with Crippen molar-refractivity contribution in [1.82, 2.24) is 9.78 Å². The van der Waals surface area contributed by atoms with Crippen LogP contribution in [0.3, 0.4) is 0 Å². The Balaban J connectivity index is 1.86. The van der Waals surface area contributed by atoms with Crippen molar-refractivity contribution in [3.05, 3.63) is 36.2 Å². The zero-order valence-electron chi connectivity index (χ0n) is 13.2. The lowest BCUT2D eigenvalue weighted by atomic mass is 10.0. The fourth-order valence-electron chi connectivity index (χ4n) is 2.45. The number of carbonyl (C=O) groups excluding carboxylic acids is 2. The van der Waals surface area contributed by atoms with Gasteiger partial charge in [-0.25, -0.2) is 0 Å². The van der Waals surface area contributed by atoms with E-state index < -0.39 is 17.4 Å². The van der Waals surface area contributed by atoms with E-state index in [1.165, 1.54) is 6.92 Å². The van der Waals surface area contributed by atoms with Crippen LogP contribution in [0.25, 0.3) is 0 Å². The molecule has 1 aromatic heterocycles. The van der Waals surface area contributed by atoms with Gasteiger partial charge in [0.2, 0.25) is 0 Å². The minimum Gasteiger partial charge on any atom is -0.466 e. The van der Waals surface area contributed by atoms with E-state index in [0.717, 1.165) is 5.69 Å². The molecule has 0 saturated heterocycles. The zero-order valence-corrected chi connectivity index (χ0v) is 13.2. The first-order chi connectivity index (χ1) is 11.0. The molecular weight excluding hydrogens is 296 g/mol. The molecule has 7 nitrogen and oxygen atoms in total. The van der Waals surface area contributed by atoms with E-state index in [1.807, 2.05) is 13.8 Å². The molecule has 0 unspecified atom stereocenters. The third-order valence-corrected chi connectivity index (χ3v) is 3.97. The van der Waals surface area contributed by atoms with Gasteiger partial charge in [0.15, 0.2) is 0 Å². The first kappa shape index (κ1) is 15.1. The molecule has 2 amide bonds. The Morgan fingerprint density at radius 1 is 1.43 bits per heavy atom. The molecule has 2 aromatic rings. The normalized spacial score (nSPS) is 19.5. The van der Waals surface area contributed by atoms with Crippen molar-refractivity contribution in [3.8, 4) is 5.75 Å². The van der Waals surface area contributed by atoms with Crippen LogP contribution in [0, 0.1) is 6.92 Å². The number of para-hydroxylation sites is 2. The van der Waals surface area contributed by atoms with Gasteiger partial charge in [0.25, 0.3) is 17.4 Å². The summed E-state index contributed by atoms with van der Waals surface area (Å²) >= 11 is 0. The molecule has 2 heterocycles. The number of hydrogen-bond acceptors (Lipinski definition) is 4. The van der Waals surface area contributed by atoms with Crippen molar-refractivity contribution in [3.63, 3.8) is 0 Å². The van der Waals surface area contributed by atoms with Gasteiger partial charge in [0.1, 0.15) is 5.75 Å². The van der Waals surface area contributed by atoms with Gasteiger partial charge >= 0.3 is 0 Å². The number of ether oxygens (including phenoxy) is 1. The number of amides is 2. The maximum Gasteiger partial charge on any atom is 0.278 e. The number of anilines is 2. The molecule has 7 heteroatoms. The number of fused-ring (bicyclic) bond motifs is 1. The van der Waals surface area contributed by atoms with Crippen LogP contribution in [0.1, 0.15) is 19.5 Å². The number of nitrogens with zero attached hydrogens (tertiary/aromatic N) is 2. The second-order valence-electron chi connectivity index (χ2n) is 5.50. The third kappa shape index (κ3) is 2.44. The van der Waals surface area contributed by atoms with Crippen molar-refractivity contribution < 1.29 is 14.3 Å². The first-order valence-corrected chi connectivity index (χ1v) is 7.39. The summed E-state index contributed by atoms with van der Waals surface area (Å²) in [6.45, 7) is 5.96. The molecule has 23 heavy (non-hydrogen) atoms. The number of rotatable bonds is 3. The molecule has 3 rings (SSSR count). The molecule has 1 atom stereocenters. The highest BCUT2D eigenvalue weighted by Gasteiger charge is 2.47. The van der Waals surface area contributed by atoms with Gasteiger partial charge in [-0.05, 0) is 32.9 Å². The molecule has 0 radical (unpaired) electrons. The van der Waals surface area contributed by atoms with Gasteiger partial charge in [-0.1, -0.05) is 12.1 Å². The monoisotopic (exact) mass is 314 g/mol. The molecule has 0 fully saturated rings. The van der Waals surface area contributed by atoms with Gasteiger partial charge in [-0.15, -0.1) is 0 Å². The predicted molar refractivity (Wildman–Crippen MR) is 85.4 cm³/mol. The Kier molecular flexibility index (Phi) is 3.55. The minimum atomic E-state index is -1.64. The summed E-state index contributed by atoms with van der Waals surface area (Å²) in [4.78, 5) is 25.0. The lowest BCUT2D eigenvalue weighted by Gasteiger charge is -2.33. The van der Waals surface area contributed by atoms with E-state index >= 15 is 0 Å². The molecule has 2 N–H and O–H groups in total. The summed E-state index contributed by atoms with van der Waals surface area (Å²) in [5.41, 5.74) is 0.293. The third-order valence-electron chi connectivity index (χ3n) is 3.97. The van der Waals surface area contributed by atoms with E-state index in [9.17, 15) is 9.59 Å². The van der Waals surface area contributed by atoms with E-state index in [-0.39, 0.29) is 0 Å². The molecule has 1 aliphatic rings. The van der Waals surface area contributed by atoms with Crippen LogP contribution in [0.4, 0.5) is 11.4 Å². The molecular formula is C16H18N4O3. The Hall–Kier alpha value is -2.83. The highest BCUT2D eigenvalue weighted by atomic mass is 16.5. The Bertz CT molecular complexity index is 783. The maximum absolute atomic E-state index is 12.6. The van der Waals surface area contributed by atoms with E-state index in [0.29, 0.717) is 23.7 Å². The SMILES string of the molecule is CCn1ncc(NC(=O)[C@@]2(C)Oc3ccccc3NC2=O)c1C. The largest absolute Gasteiger partial charge is 0.466 e. The molecule has 0 aliphatic carbocycles. The molecule has 0 bridgehead atoms. The van der Waals surface area contributed by atoms with E-state index in [4.69, 9.17) is 4.74 Å². The van der Waals surface area contributed by atoms with Crippen molar-refractivity contribution in [2.24, 2.45) is 0 Å². The van der Waals surface area contributed by atoms with E-state index in [1.54, 1.807) is 35.1 Å². The smallest absolute Gasteiger partial charge is 0.278 e. The number of hydrogen-bond donors (Lipinski definition) is 2. The second kappa shape index (κ2) is 5.42. The summed E-state index contributed by atoms with van der Waals surface area (Å²) in [5, 5.41) is 9.60. The van der Waals surface area contributed by atoms with Crippen molar-refractivity contribution in [2.75, 3.05) is 10.6 Å². The predicted octanol–water partition coefficient (Wildman–Crippen LogP) is 1.94. The molecule has 1 aliphatic heterocycles. The zero-order chi connectivity index (χ0) is 16.6. The van der Waals surface area contributed by atoms with Crippen LogP contribution >= 0.6 is 0 Å². The van der Waals surface area contributed by atoms with Crippen LogP contribution in [-0.4, -0.2) is 27.2 Å². The quantitative estimate of drug-likeness (QED) is 0.848. The Morgan fingerprint density at radius 2 is 2.17 bits per heavy atom. The standard InChI is InChI=1S/C16H18N4O3/c1-4-20-10(2)12(9-17-20)19-15(22)16(3)14(21)18-11-7-5-6-8-13(11)23-16/h5-9H,4H2,1-3H3,(H,18,21)(H,19,22)/t16-/m0/s1. The van der Waals surface area contributed by atoms with Crippen LogP contribution in [-0.2, 0) is 16.1 Å². The molecule has 120 valence electrons. The lowest BCUT2D eigenvalue weighted by Crippen LogP contribution is -2.56. The summed E-state index contributed by atoms with van der Waals surface area (Å²) in [6.07, 6.45) is 1.56. The number of nitrogens with one attached hydrogen (secondary N) is 2. The van der Waals surface area contributed by atoms with E-state index in [2.05, 4.69) is 15.7 Å². The molecule has 0 spiro atoms. The van der Waals surface area contributed by atoms with Crippen LogP contribution in [0.15, 0.2) is 30.5 Å². The summed E-state index contributed by atoms with van der Waals surface area (Å²) in [6, 6.07) is 7.00. The second-order valence-corrected chi connectivity index (χ2v) is 5.50. The van der Waals surface area contributed by atoms with Gasteiger partial charge in [-0.3, -0.25) is 14.3 Å². The highest BCUT2D eigenvalue weighted by molar-refractivity contribution is 6.19. The van der Waals surface area contributed by atoms with Crippen LogP contribution < -0.4 is 15.4 Å². The fraction of sp³-hybridized carbons (Fsp3) is 0.312. The summed E-state index contributed by atoms with van der Waals surface area (Å²) in [5.74, 6) is -0.580. The Labute approximate surface area is 133 Å². The first-order valence-electron chi connectivity index (χ1n) is 7.39. The van der Waals surface area contributed by atoms with Crippen molar-refractivity contribution >= 4 is 23.2 Å². The molecule has 1 aromatic carbocycles. The maximum atomic E-state index is 12.6. The number of aryl methyl sites for hydroxylation is 1. The van der Waals surface area contributed by atoms with Gasteiger partial charge in [0, 0.05) is 6.54 Å². The number of benzene rings is 1.